The lowest BCUT2D eigenvalue weighted by molar-refractivity contribution is 0.156. The van der Waals surface area contributed by atoms with Crippen molar-refractivity contribution in [2.24, 2.45) is 0 Å². The summed E-state index contributed by atoms with van der Waals surface area (Å²) < 4.78 is 29.1. The molecule has 5 heteroatoms. The zero-order chi connectivity index (χ0) is 15.2. The molecule has 0 unspecified atom stereocenters. The average molecular weight is 361 g/mol. The Balaban J connectivity index is 2.25. The normalized spacial score (nSPS) is 17.9. The summed E-state index contributed by atoms with van der Waals surface area (Å²) >= 11 is 3.15. The van der Waals surface area contributed by atoms with E-state index in [9.17, 15) is 8.78 Å². The topological polar surface area (TPSA) is 15.3 Å². The van der Waals surface area contributed by atoms with Crippen LogP contribution in [0.4, 0.5) is 8.78 Å². The largest absolute Gasteiger partial charge is 0.314 e. The van der Waals surface area contributed by atoms with E-state index >= 15 is 0 Å². The van der Waals surface area contributed by atoms with E-state index in [0.29, 0.717) is 4.47 Å². The van der Waals surface area contributed by atoms with E-state index in [4.69, 9.17) is 0 Å². The Hall–Kier alpha value is -0.520. The molecular formula is C16H23BrF2N2. The van der Waals surface area contributed by atoms with Crippen LogP contribution >= 0.6 is 15.9 Å². The van der Waals surface area contributed by atoms with E-state index in [1.54, 1.807) is 0 Å². The number of nitrogens with one attached hydrogen (secondary N) is 1. The van der Waals surface area contributed by atoms with Crippen molar-refractivity contribution in [3.63, 3.8) is 0 Å². The van der Waals surface area contributed by atoms with E-state index in [1.807, 2.05) is 0 Å². The van der Waals surface area contributed by atoms with Gasteiger partial charge in [0.1, 0.15) is 11.6 Å². The minimum absolute atomic E-state index is 0.160. The third-order valence-electron chi connectivity index (χ3n) is 4.05. The predicted molar refractivity (Wildman–Crippen MR) is 85.4 cm³/mol. The van der Waals surface area contributed by atoms with Gasteiger partial charge in [0.05, 0.1) is 0 Å². The van der Waals surface area contributed by atoms with Crippen LogP contribution in [0, 0.1) is 11.6 Å². The standard InChI is InChI=1S/C16H23BrF2N2/c1-2-3-4-5-15(21-8-6-20-7-9-21)16-13(18)10-12(17)11-14(16)19/h10-11,15,20H,2-9H2,1H3/t15-/m1/s1. The van der Waals surface area contributed by atoms with E-state index in [-0.39, 0.29) is 11.6 Å². The molecule has 0 radical (unpaired) electrons. The van der Waals surface area contributed by atoms with Crippen molar-refractivity contribution in [2.45, 2.75) is 38.6 Å². The SMILES string of the molecule is CCCCC[C@H](c1c(F)cc(Br)cc1F)N1CCNCC1. The molecule has 1 aliphatic heterocycles. The molecule has 1 aromatic rings. The number of unbranched alkanes of at least 4 members (excludes halogenated alkanes) is 2. The molecular weight excluding hydrogens is 338 g/mol. The lowest BCUT2D eigenvalue weighted by atomic mass is 9.97. The van der Waals surface area contributed by atoms with Crippen LogP contribution in [-0.4, -0.2) is 31.1 Å². The molecule has 0 bridgehead atoms. The van der Waals surface area contributed by atoms with Gasteiger partial charge < -0.3 is 5.32 Å². The Morgan fingerprint density at radius 1 is 1.19 bits per heavy atom. The summed E-state index contributed by atoms with van der Waals surface area (Å²) in [6.07, 6.45) is 4.02. The Kier molecular flexibility index (Phi) is 6.58. The van der Waals surface area contributed by atoms with E-state index < -0.39 is 11.6 Å². The molecule has 2 nitrogen and oxygen atoms in total. The van der Waals surface area contributed by atoms with Gasteiger partial charge in [-0.25, -0.2) is 8.78 Å². The van der Waals surface area contributed by atoms with E-state index in [1.165, 1.54) is 12.1 Å². The molecule has 1 heterocycles. The highest BCUT2D eigenvalue weighted by Gasteiger charge is 2.27. The van der Waals surface area contributed by atoms with Crippen LogP contribution in [-0.2, 0) is 0 Å². The maximum atomic E-state index is 14.3. The monoisotopic (exact) mass is 360 g/mol. The first-order chi connectivity index (χ1) is 10.1. The maximum absolute atomic E-state index is 14.3. The first-order valence-electron chi connectivity index (χ1n) is 7.72. The fraction of sp³-hybridized carbons (Fsp3) is 0.625. The summed E-state index contributed by atoms with van der Waals surface area (Å²) in [5.41, 5.74) is 0.233. The van der Waals surface area contributed by atoms with Crippen molar-refractivity contribution in [3.8, 4) is 0 Å². The molecule has 118 valence electrons. The van der Waals surface area contributed by atoms with Crippen molar-refractivity contribution in [3.05, 3.63) is 33.8 Å². The molecule has 0 amide bonds. The second-order valence-electron chi connectivity index (χ2n) is 5.58. The van der Waals surface area contributed by atoms with Crippen molar-refractivity contribution in [2.75, 3.05) is 26.2 Å². The molecule has 0 saturated carbocycles. The number of piperazine rings is 1. The summed E-state index contributed by atoms with van der Waals surface area (Å²) in [5, 5.41) is 3.29. The van der Waals surface area contributed by atoms with Crippen LogP contribution in [0.25, 0.3) is 0 Å². The Bertz CT molecular complexity index is 439. The first-order valence-corrected chi connectivity index (χ1v) is 8.52. The number of hydrogen-bond donors (Lipinski definition) is 1. The van der Waals surface area contributed by atoms with Crippen molar-refractivity contribution in [1.82, 2.24) is 10.2 Å². The fourth-order valence-corrected chi connectivity index (χ4v) is 3.36. The van der Waals surface area contributed by atoms with Crippen molar-refractivity contribution in [1.29, 1.82) is 0 Å². The fourth-order valence-electron chi connectivity index (χ4n) is 2.96. The van der Waals surface area contributed by atoms with Gasteiger partial charge in [0.2, 0.25) is 0 Å². The summed E-state index contributed by atoms with van der Waals surface area (Å²) in [6.45, 7) is 5.58. The summed E-state index contributed by atoms with van der Waals surface area (Å²) in [4.78, 5) is 2.21. The average Bonchev–Trinajstić information content (AvgIpc) is 2.45. The molecule has 1 saturated heterocycles. The van der Waals surface area contributed by atoms with Gasteiger partial charge in [0.15, 0.2) is 0 Å². The molecule has 1 fully saturated rings. The van der Waals surface area contributed by atoms with Gasteiger partial charge in [-0.1, -0.05) is 42.1 Å². The second kappa shape index (κ2) is 8.20. The van der Waals surface area contributed by atoms with E-state index in [2.05, 4.69) is 33.1 Å². The van der Waals surface area contributed by atoms with Gasteiger partial charge in [-0.3, -0.25) is 4.90 Å². The molecule has 1 aliphatic rings. The Morgan fingerprint density at radius 2 is 1.81 bits per heavy atom. The Labute approximate surface area is 134 Å². The van der Waals surface area contributed by atoms with Crippen LogP contribution in [0.5, 0.6) is 0 Å². The smallest absolute Gasteiger partial charge is 0.132 e. The van der Waals surface area contributed by atoms with Gasteiger partial charge in [-0.05, 0) is 18.6 Å². The predicted octanol–water partition coefficient (Wildman–Crippen LogP) is 4.25. The molecule has 1 aromatic carbocycles. The van der Waals surface area contributed by atoms with Gasteiger partial charge in [-0.15, -0.1) is 0 Å². The lowest BCUT2D eigenvalue weighted by Gasteiger charge is -2.35. The zero-order valence-electron chi connectivity index (χ0n) is 12.5. The molecule has 0 spiro atoms. The highest BCUT2D eigenvalue weighted by Crippen LogP contribution is 2.32. The number of halogens is 3. The van der Waals surface area contributed by atoms with Gasteiger partial charge in [0, 0.05) is 42.3 Å². The minimum Gasteiger partial charge on any atom is -0.314 e. The molecule has 1 N–H and O–H groups in total. The second-order valence-corrected chi connectivity index (χ2v) is 6.50. The summed E-state index contributed by atoms with van der Waals surface area (Å²) in [5.74, 6) is -0.885. The molecule has 21 heavy (non-hydrogen) atoms. The van der Waals surface area contributed by atoms with Crippen LogP contribution < -0.4 is 5.32 Å². The van der Waals surface area contributed by atoms with Crippen LogP contribution in [0.15, 0.2) is 16.6 Å². The first kappa shape index (κ1) is 16.8. The van der Waals surface area contributed by atoms with Gasteiger partial charge >= 0.3 is 0 Å². The lowest BCUT2D eigenvalue weighted by Crippen LogP contribution is -2.45. The van der Waals surface area contributed by atoms with Crippen molar-refractivity contribution >= 4 is 15.9 Å². The third-order valence-corrected chi connectivity index (χ3v) is 4.51. The number of hydrogen-bond acceptors (Lipinski definition) is 2. The van der Waals surface area contributed by atoms with Crippen molar-refractivity contribution < 1.29 is 8.78 Å². The number of benzene rings is 1. The maximum Gasteiger partial charge on any atom is 0.132 e. The zero-order valence-corrected chi connectivity index (χ0v) is 14.1. The quantitative estimate of drug-likeness (QED) is 0.762. The number of nitrogens with zero attached hydrogens (tertiary/aromatic N) is 1. The molecule has 2 rings (SSSR count). The molecule has 0 aliphatic carbocycles. The van der Waals surface area contributed by atoms with Gasteiger partial charge in [0.25, 0.3) is 0 Å². The highest BCUT2D eigenvalue weighted by atomic mass is 79.9. The number of rotatable bonds is 6. The minimum atomic E-state index is -0.443. The Morgan fingerprint density at radius 3 is 2.38 bits per heavy atom. The molecule has 0 aromatic heterocycles. The van der Waals surface area contributed by atoms with Crippen LogP contribution in [0.3, 0.4) is 0 Å². The highest BCUT2D eigenvalue weighted by molar-refractivity contribution is 9.10. The van der Waals surface area contributed by atoms with Crippen LogP contribution in [0.2, 0.25) is 0 Å². The third kappa shape index (κ3) is 4.47. The molecule has 1 atom stereocenters. The van der Waals surface area contributed by atoms with Crippen LogP contribution in [0.1, 0.15) is 44.2 Å². The summed E-state index contributed by atoms with van der Waals surface area (Å²) in [6, 6.07) is 2.58. The van der Waals surface area contributed by atoms with E-state index in [0.717, 1.165) is 51.9 Å². The summed E-state index contributed by atoms with van der Waals surface area (Å²) in [7, 11) is 0. The van der Waals surface area contributed by atoms with Gasteiger partial charge in [-0.2, -0.15) is 0 Å².